The zero-order valence-electron chi connectivity index (χ0n) is 11.9. The van der Waals surface area contributed by atoms with Crippen LogP contribution < -0.4 is 9.47 Å². The Morgan fingerprint density at radius 2 is 1.55 bits per heavy atom. The lowest BCUT2D eigenvalue weighted by molar-refractivity contribution is 0.386. The van der Waals surface area contributed by atoms with Crippen LogP contribution in [0.1, 0.15) is 22.3 Å². The summed E-state index contributed by atoms with van der Waals surface area (Å²) in [7, 11) is 3.33. The first-order valence-corrected chi connectivity index (χ1v) is 6.38. The summed E-state index contributed by atoms with van der Waals surface area (Å²) in [5.41, 5.74) is 3.90. The monoisotopic (exact) mass is 267 g/mol. The van der Waals surface area contributed by atoms with Crippen LogP contribution in [0.4, 0.5) is 0 Å². The van der Waals surface area contributed by atoms with Gasteiger partial charge in [0.2, 0.25) is 0 Å². The molecular weight excluding hydrogens is 250 g/mol. The third-order valence-corrected chi connectivity index (χ3v) is 3.22. The summed E-state index contributed by atoms with van der Waals surface area (Å²) < 4.78 is 10.9. The van der Waals surface area contributed by atoms with Crippen LogP contribution >= 0.6 is 0 Å². The van der Waals surface area contributed by atoms with Crippen LogP contribution in [0.5, 0.6) is 11.5 Å². The van der Waals surface area contributed by atoms with Crippen molar-refractivity contribution in [3.63, 3.8) is 0 Å². The second kappa shape index (κ2) is 6.12. The molecule has 0 spiro atoms. The number of methoxy groups -OCH3 is 2. The second-order valence-electron chi connectivity index (χ2n) is 4.63. The molecule has 0 heterocycles. The number of hydrogen-bond donors (Lipinski definition) is 0. The normalized spacial score (nSPS) is 9.90. The van der Waals surface area contributed by atoms with Crippen molar-refractivity contribution in [1.29, 1.82) is 5.26 Å². The van der Waals surface area contributed by atoms with E-state index >= 15 is 0 Å². The van der Waals surface area contributed by atoms with E-state index in [1.165, 1.54) is 0 Å². The molecule has 0 N–H and O–H groups in total. The van der Waals surface area contributed by atoms with Gasteiger partial charge in [-0.2, -0.15) is 5.26 Å². The maximum atomic E-state index is 8.82. The van der Waals surface area contributed by atoms with Gasteiger partial charge in [-0.25, -0.2) is 0 Å². The Bertz CT molecular complexity index is 614. The van der Waals surface area contributed by atoms with Crippen LogP contribution in [-0.4, -0.2) is 14.2 Å². The number of nitriles is 1. The van der Waals surface area contributed by atoms with Gasteiger partial charge in [-0.1, -0.05) is 12.1 Å². The van der Waals surface area contributed by atoms with Gasteiger partial charge in [-0.15, -0.1) is 0 Å². The summed E-state index contributed by atoms with van der Waals surface area (Å²) in [6.45, 7) is 2.01. The molecule has 0 aliphatic carbocycles. The first kappa shape index (κ1) is 14.0. The molecule has 2 aromatic carbocycles. The quantitative estimate of drug-likeness (QED) is 0.851. The van der Waals surface area contributed by atoms with Crippen LogP contribution in [0.15, 0.2) is 36.4 Å². The molecule has 3 nitrogen and oxygen atoms in total. The highest BCUT2D eigenvalue weighted by Gasteiger charge is 2.12. The van der Waals surface area contributed by atoms with E-state index < -0.39 is 0 Å². The Hall–Kier alpha value is -2.47. The van der Waals surface area contributed by atoms with Gasteiger partial charge in [0, 0.05) is 12.0 Å². The van der Waals surface area contributed by atoms with Gasteiger partial charge in [-0.3, -0.25) is 0 Å². The average Bonchev–Trinajstić information content (AvgIpc) is 2.49. The minimum atomic E-state index is 0.664. The Morgan fingerprint density at radius 3 is 2.00 bits per heavy atom. The van der Waals surface area contributed by atoms with E-state index in [4.69, 9.17) is 14.7 Å². The molecule has 102 valence electrons. The molecule has 0 aliphatic heterocycles. The summed E-state index contributed by atoms with van der Waals surface area (Å²) in [6, 6.07) is 13.7. The van der Waals surface area contributed by atoms with E-state index in [9.17, 15) is 0 Å². The van der Waals surface area contributed by atoms with Crippen molar-refractivity contribution in [2.75, 3.05) is 14.2 Å². The SMILES string of the molecule is COc1cc(C)cc(OC)c1Cc1ccc(C#N)cc1. The van der Waals surface area contributed by atoms with Crippen molar-refractivity contribution >= 4 is 0 Å². The topological polar surface area (TPSA) is 42.2 Å². The van der Waals surface area contributed by atoms with Crippen LogP contribution in [0.25, 0.3) is 0 Å². The lowest BCUT2D eigenvalue weighted by Gasteiger charge is -2.14. The Balaban J connectivity index is 2.38. The van der Waals surface area contributed by atoms with Crippen molar-refractivity contribution < 1.29 is 9.47 Å². The molecule has 0 amide bonds. The average molecular weight is 267 g/mol. The van der Waals surface area contributed by atoms with Crippen molar-refractivity contribution in [2.24, 2.45) is 0 Å². The molecule has 0 aliphatic rings. The van der Waals surface area contributed by atoms with Gasteiger partial charge >= 0.3 is 0 Å². The number of benzene rings is 2. The molecule has 0 saturated heterocycles. The fourth-order valence-electron chi connectivity index (χ4n) is 2.19. The Kier molecular flexibility index (Phi) is 4.27. The first-order valence-electron chi connectivity index (χ1n) is 6.38. The third-order valence-electron chi connectivity index (χ3n) is 3.22. The van der Waals surface area contributed by atoms with Crippen LogP contribution in [-0.2, 0) is 6.42 Å². The van der Waals surface area contributed by atoms with Crippen molar-refractivity contribution in [3.05, 3.63) is 58.7 Å². The summed E-state index contributed by atoms with van der Waals surface area (Å²) in [6.07, 6.45) is 0.707. The number of ether oxygens (including phenoxy) is 2. The molecule has 2 rings (SSSR count). The largest absolute Gasteiger partial charge is 0.496 e. The highest BCUT2D eigenvalue weighted by atomic mass is 16.5. The summed E-state index contributed by atoms with van der Waals surface area (Å²) in [5.74, 6) is 1.65. The standard InChI is InChI=1S/C17H17NO2/c1-12-8-16(19-2)15(17(9-12)20-3)10-13-4-6-14(11-18)7-5-13/h4-9H,10H2,1-3H3. The molecule has 0 saturated carbocycles. The zero-order valence-corrected chi connectivity index (χ0v) is 11.9. The molecule has 0 fully saturated rings. The minimum Gasteiger partial charge on any atom is -0.496 e. The summed E-state index contributed by atoms with van der Waals surface area (Å²) in [4.78, 5) is 0. The van der Waals surface area contributed by atoms with Crippen molar-refractivity contribution in [2.45, 2.75) is 13.3 Å². The number of aryl methyl sites for hydroxylation is 1. The lowest BCUT2D eigenvalue weighted by atomic mass is 10.0. The van der Waals surface area contributed by atoms with Crippen LogP contribution in [0.3, 0.4) is 0 Å². The molecule has 2 aromatic rings. The van der Waals surface area contributed by atoms with E-state index in [1.54, 1.807) is 14.2 Å². The number of nitrogens with zero attached hydrogens (tertiary/aromatic N) is 1. The summed E-state index contributed by atoms with van der Waals surface area (Å²) in [5, 5.41) is 8.82. The van der Waals surface area contributed by atoms with Gasteiger partial charge in [0.15, 0.2) is 0 Å². The van der Waals surface area contributed by atoms with E-state index in [1.807, 2.05) is 43.3 Å². The van der Waals surface area contributed by atoms with E-state index in [-0.39, 0.29) is 0 Å². The molecular formula is C17H17NO2. The van der Waals surface area contributed by atoms with Gasteiger partial charge in [0.25, 0.3) is 0 Å². The van der Waals surface area contributed by atoms with Gasteiger partial charge in [-0.05, 0) is 42.3 Å². The molecule has 0 radical (unpaired) electrons. The van der Waals surface area contributed by atoms with Crippen LogP contribution in [0.2, 0.25) is 0 Å². The molecule has 0 aromatic heterocycles. The van der Waals surface area contributed by atoms with Crippen LogP contribution in [0, 0.1) is 18.3 Å². The van der Waals surface area contributed by atoms with E-state index in [2.05, 4.69) is 6.07 Å². The molecule has 0 unspecified atom stereocenters. The van der Waals surface area contributed by atoms with E-state index in [0.717, 1.165) is 28.2 Å². The first-order chi connectivity index (χ1) is 9.67. The smallest absolute Gasteiger partial charge is 0.126 e. The van der Waals surface area contributed by atoms with Gasteiger partial charge in [0.1, 0.15) is 11.5 Å². The fraction of sp³-hybridized carbons (Fsp3) is 0.235. The molecule has 3 heteroatoms. The molecule has 0 atom stereocenters. The predicted octanol–water partition coefficient (Wildman–Crippen LogP) is 3.47. The van der Waals surface area contributed by atoms with E-state index in [0.29, 0.717) is 12.0 Å². The molecule has 0 bridgehead atoms. The lowest BCUT2D eigenvalue weighted by Crippen LogP contribution is -1.99. The summed E-state index contributed by atoms with van der Waals surface area (Å²) >= 11 is 0. The maximum absolute atomic E-state index is 8.82. The minimum absolute atomic E-state index is 0.664. The Morgan fingerprint density at radius 1 is 1.00 bits per heavy atom. The Labute approximate surface area is 119 Å². The highest BCUT2D eigenvalue weighted by Crippen LogP contribution is 2.32. The highest BCUT2D eigenvalue weighted by molar-refractivity contribution is 5.50. The fourth-order valence-corrected chi connectivity index (χ4v) is 2.19. The van der Waals surface area contributed by atoms with Gasteiger partial charge < -0.3 is 9.47 Å². The number of rotatable bonds is 4. The van der Waals surface area contributed by atoms with Gasteiger partial charge in [0.05, 0.1) is 25.9 Å². The predicted molar refractivity (Wildman–Crippen MR) is 78.2 cm³/mol. The third kappa shape index (κ3) is 2.92. The van der Waals surface area contributed by atoms with Crippen molar-refractivity contribution in [1.82, 2.24) is 0 Å². The van der Waals surface area contributed by atoms with Crippen molar-refractivity contribution in [3.8, 4) is 17.6 Å². The maximum Gasteiger partial charge on any atom is 0.126 e. The second-order valence-corrected chi connectivity index (χ2v) is 4.63. The number of hydrogen-bond acceptors (Lipinski definition) is 3. The molecule has 20 heavy (non-hydrogen) atoms. The zero-order chi connectivity index (χ0) is 14.5.